The van der Waals surface area contributed by atoms with Crippen molar-refractivity contribution in [3.8, 4) is 0 Å². The van der Waals surface area contributed by atoms with E-state index < -0.39 is 86.5 Å². The predicted octanol–water partition coefficient (Wildman–Crippen LogP) is -5.31. The molecule has 4 unspecified atom stereocenters. The molecule has 160 valence electrons. The molecule has 0 aliphatic carbocycles. The topological polar surface area (TPSA) is 249 Å². The van der Waals surface area contributed by atoms with Crippen LogP contribution in [0.25, 0.3) is 0 Å². The summed E-state index contributed by atoms with van der Waals surface area (Å²) in [6.45, 7) is -2.57. The molecule has 28 heavy (non-hydrogen) atoms. The maximum absolute atomic E-state index is 12.1. The van der Waals surface area contributed by atoms with Crippen LogP contribution in [0.5, 0.6) is 0 Å². The number of nitrogens with two attached hydrogens (primary N) is 1. The van der Waals surface area contributed by atoms with Crippen molar-refractivity contribution in [3.63, 3.8) is 0 Å². The minimum absolute atomic E-state index is 0.434. The third kappa shape index (κ3) is 8.72. The van der Waals surface area contributed by atoms with E-state index in [-0.39, 0.29) is 0 Å². The number of carbonyl (C=O) groups is 5. The Morgan fingerprint density at radius 2 is 1.14 bits per heavy atom. The molecule has 10 N–H and O–H groups in total. The van der Waals surface area contributed by atoms with E-state index in [1.807, 2.05) is 16.0 Å². The Morgan fingerprint density at radius 3 is 1.50 bits per heavy atom. The van der Waals surface area contributed by atoms with Crippen LogP contribution in [-0.2, 0) is 24.0 Å². The molecule has 0 fully saturated rings. The molecule has 0 rings (SSSR count). The number of aliphatic hydroxyl groups is 3. The lowest BCUT2D eigenvalue weighted by atomic mass is 10.1. The summed E-state index contributed by atoms with van der Waals surface area (Å²) in [6.07, 6.45) is -0.978. The molecule has 0 spiro atoms. The molecular weight excluding hydrogens is 384 g/mol. The monoisotopic (exact) mass is 408 g/mol. The smallest absolute Gasteiger partial charge is 0.326 e. The van der Waals surface area contributed by atoms with Crippen LogP contribution in [0, 0.1) is 0 Å². The number of aliphatic hydroxyl groups excluding tert-OH is 3. The second-order valence-corrected chi connectivity index (χ2v) is 5.61. The van der Waals surface area contributed by atoms with Crippen molar-refractivity contribution in [2.45, 2.75) is 37.0 Å². The highest BCUT2D eigenvalue weighted by molar-refractivity contribution is 5.94. The Balaban J connectivity index is 4.96. The minimum atomic E-state index is -1.64. The summed E-state index contributed by atoms with van der Waals surface area (Å²) < 4.78 is 0. The van der Waals surface area contributed by atoms with Crippen molar-refractivity contribution in [2.75, 3.05) is 19.8 Å². The number of amides is 3. The molecule has 0 bridgehead atoms. The van der Waals surface area contributed by atoms with Gasteiger partial charge in [-0.15, -0.1) is 0 Å². The lowest BCUT2D eigenvalue weighted by Crippen LogP contribution is -2.59. The quantitative estimate of drug-likeness (QED) is 0.139. The zero-order chi connectivity index (χ0) is 21.9. The van der Waals surface area contributed by atoms with Gasteiger partial charge in [-0.2, -0.15) is 0 Å². The number of nitrogens with one attached hydrogen (secondary N) is 3. The molecular formula is C14H24N4O10. The zero-order valence-corrected chi connectivity index (χ0v) is 14.7. The van der Waals surface area contributed by atoms with E-state index in [4.69, 9.17) is 21.1 Å². The van der Waals surface area contributed by atoms with Crippen molar-refractivity contribution >= 4 is 29.7 Å². The van der Waals surface area contributed by atoms with Gasteiger partial charge in [-0.05, 0) is 6.42 Å². The molecule has 14 nitrogen and oxygen atoms in total. The third-order valence-corrected chi connectivity index (χ3v) is 3.43. The fourth-order valence-electron chi connectivity index (χ4n) is 1.82. The Labute approximate surface area is 158 Å². The first-order valence-electron chi connectivity index (χ1n) is 8.01. The Kier molecular flexibility index (Phi) is 11.3. The highest BCUT2D eigenvalue weighted by atomic mass is 16.4. The number of carbonyl (C=O) groups excluding carboxylic acids is 3. The molecule has 4 atom stereocenters. The van der Waals surface area contributed by atoms with E-state index in [9.17, 15) is 34.2 Å². The van der Waals surface area contributed by atoms with Crippen molar-refractivity contribution in [3.05, 3.63) is 0 Å². The summed E-state index contributed by atoms with van der Waals surface area (Å²) in [7, 11) is 0. The standard InChI is InChI=1S/C14H24N4O10/c15-6(3-19)11(24)17-8(4-20)13(26)18-9(5-21)12(25)16-7(14(27)28)1-2-10(22)23/h6-9,19-21H,1-5,15H2,(H,16,25)(H,17,24)(H,18,26)(H,22,23)(H,27,28). The highest BCUT2D eigenvalue weighted by Crippen LogP contribution is 2.00. The van der Waals surface area contributed by atoms with Gasteiger partial charge >= 0.3 is 11.9 Å². The van der Waals surface area contributed by atoms with Gasteiger partial charge in [0.2, 0.25) is 17.7 Å². The van der Waals surface area contributed by atoms with Crippen molar-refractivity contribution in [2.24, 2.45) is 5.73 Å². The molecule has 0 aliphatic rings. The molecule has 0 saturated heterocycles. The molecule has 0 radical (unpaired) electrons. The average Bonchev–Trinajstić information content (AvgIpc) is 2.65. The fraction of sp³-hybridized carbons (Fsp3) is 0.643. The Morgan fingerprint density at radius 1 is 0.714 bits per heavy atom. The van der Waals surface area contributed by atoms with E-state index in [2.05, 4.69) is 0 Å². The largest absolute Gasteiger partial charge is 0.481 e. The van der Waals surface area contributed by atoms with Gasteiger partial charge in [-0.1, -0.05) is 0 Å². The average molecular weight is 408 g/mol. The Hall–Kier alpha value is -2.81. The number of aliphatic carboxylic acids is 2. The van der Waals surface area contributed by atoms with Gasteiger partial charge in [0, 0.05) is 6.42 Å². The SMILES string of the molecule is NC(CO)C(=O)NC(CO)C(=O)NC(CO)C(=O)NC(CCC(=O)O)C(=O)O. The van der Waals surface area contributed by atoms with Gasteiger partial charge < -0.3 is 47.2 Å². The van der Waals surface area contributed by atoms with Crippen molar-refractivity contribution in [1.82, 2.24) is 16.0 Å². The summed E-state index contributed by atoms with van der Waals surface area (Å²) >= 11 is 0. The van der Waals surface area contributed by atoms with Crippen LogP contribution in [0.1, 0.15) is 12.8 Å². The molecule has 3 amide bonds. The van der Waals surface area contributed by atoms with Gasteiger partial charge in [0.15, 0.2) is 0 Å². The number of hydrogen-bond donors (Lipinski definition) is 9. The minimum Gasteiger partial charge on any atom is -0.481 e. The molecule has 0 aromatic rings. The van der Waals surface area contributed by atoms with Crippen LogP contribution in [0.4, 0.5) is 0 Å². The van der Waals surface area contributed by atoms with Gasteiger partial charge in [0.1, 0.15) is 24.2 Å². The highest BCUT2D eigenvalue weighted by Gasteiger charge is 2.29. The first-order chi connectivity index (χ1) is 13.1. The molecule has 0 saturated carbocycles. The second kappa shape index (κ2) is 12.6. The van der Waals surface area contributed by atoms with E-state index in [0.29, 0.717) is 0 Å². The van der Waals surface area contributed by atoms with E-state index in [1.165, 1.54) is 0 Å². The zero-order valence-electron chi connectivity index (χ0n) is 14.7. The van der Waals surface area contributed by atoms with E-state index in [1.54, 1.807) is 0 Å². The molecule has 0 aromatic carbocycles. The second-order valence-electron chi connectivity index (χ2n) is 5.61. The van der Waals surface area contributed by atoms with Crippen LogP contribution in [0.2, 0.25) is 0 Å². The van der Waals surface area contributed by atoms with Gasteiger partial charge in [-0.3, -0.25) is 19.2 Å². The number of hydrogen-bond acceptors (Lipinski definition) is 9. The lowest BCUT2D eigenvalue weighted by Gasteiger charge is -2.23. The third-order valence-electron chi connectivity index (χ3n) is 3.43. The first-order valence-corrected chi connectivity index (χ1v) is 8.01. The Bertz CT molecular complexity index is 584. The van der Waals surface area contributed by atoms with Gasteiger partial charge in [0.05, 0.1) is 19.8 Å². The number of carboxylic acids is 2. The maximum Gasteiger partial charge on any atom is 0.326 e. The van der Waals surface area contributed by atoms with Gasteiger partial charge in [0.25, 0.3) is 0 Å². The number of rotatable bonds is 13. The molecule has 14 heteroatoms. The molecule has 0 heterocycles. The van der Waals surface area contributed by atoms with Crippen LogP contribution in [-0.4, -0.2) is 99.2 Å². The number of carboxylic acid groups (broad SMARTS) is 2. The summed E-state index contributed by atoms with van der Waals surface area (Å²) in [5.41, 5.74) is 5.25. The summed E-state index contributed by atoms with van der Waals surface area (Å²) in [5.74, 6) is -5.97. The van der Waals surface area contributed by atoms with Crippen molar-refractivity contribution < 1.29 is 49.5 Å². The van der Waals surface area contributed by atoms with Crippen LogP contribution in [0.15, 0.2) is 0 Å². The molecule has 0 aromatic heterocycles. The predicted molar refractivity (Wildman–Crippen MR) is 89.5 cm³/mol. The van der Waals surface area contributed by atoms with E-state index in [0.717, 1.165) is 0 Å². The van der Waals surface area contributed by atoms with Crippen LogP contribution >= 0.6 is 0 Å². The first kappa shape index (κ1) is 25.2. The summed E-state index contributed by atoms with van der Waals surface area (Å²) in [6, 6.07) is -6.14. The fourth-order valence-corrected chi connectivity index (χ4v) is 1.82. The van der Waals surface area contributed by atoms with E-state index >= 15 is 0 Å². The van der Waals surface area contributed by atoms with Gasteiger partial charge in [-0.25, -0.2) is 4.79 Å². The van der Waals surface area contributed by atoms with Crippen LogP contribution < -0.4 is 21.7 Å². The normalized spacial score (nSPS) is 14.9. The van der Waals surface area contributed by atoms with Crippen molar-refractivity contribution in [1.29, 1.82) is 0 Å². The molecule has 0 aliphatic heterocycles. The lowest BCUT2D eigenvalue weighted by molar-refractivity contribution is -0.143. The summed E-state index contributed by atoms with van der Waals surface area (Å²) in [4.78, 5) is 57.3. The maximum atomic E-state index is 12.1. The summed E-state index contributed by atoms with van der Waals surface area (Å²) in [5, 5.41) is 50.8. The van der Waals surface area contributed by atoms with Crippen LogP contribution in [0.3, 0.4) is 0 Å².